The largest absolute Gasteiger partial charge is 0.478 e. The van der Waals surface area contributed by atoms with E-state index in [1.807, 2.05) is 0 Å². The van der Waals surface area contributed by atoms with Gasteiger partial charge in [0.15, 0.2) is 9.84 Å². The number of benzene rings is 2. The molecule has 0 fully saturated rings. The van der Waals surface area contributed by atoms with E-state index in [9.17, 15) is 18.0 Å². The van der Waals surface area contributed by atoms with Crippen LogP contribution in [-0.2, 0) is 9.84 Å². The molecule has 25 heavy (non-hydrogen) atoms. The number of carboxylic acids is 1. The summed E-state index contributed by atoms with van der Waals surface area (Å²) in [6.07, 6.45) is 0. The van der Waals surface area contributed by atoms with Crippen LogP contribution in [0.2, 0.25) is 0 Å². The summed E-state index contributed by atoms with van der Waals surface area (Å²) in [6, 6.07) is 6.81. The summed E-state index contributed by atoms with van der Waals surface area (Å²) in [7, 11) is -3.56. The van der Waals surface area contributed by atoms with Gasteiger partial charge in [-0.3, -0.25) is 4.79 Å². The van der Waals surface area contributed by atoms with Gasteiger partial charge >= 0.3 is 5.97 Å². The van der Waals surface area contributed by atoms with Crippen LogP contribution < -0.4 is 5.43 Å². The summed E-state index contributed by atoms with van der Waals surface area (Å²) in [5.41, 5.74) is 0.580. The van der Waals surface area contributed by atoms with E-state index in [-0.39, 0.29) is 26.8 Å². The first-order chi connectivity index (χ1) is 11.6. The first-order valence-electron chi connectivity index (χ1n) is 7.61. The fourth-order valence-electron chi connectivity index (χ4n) is 2.67. The summed E-state index contributed by atoms with van der Waals surface area (Å²) in [4.78, 5) is 24.0. The minimum Gasteiger partial charge on any atom is -0.478 e. The van der Waals surface area contributed by atoms with Crippen molar-refractivity contribution >= 4 is 37.7 Å². The fraction of sp³-hybridized carbons (Fsp3) is 0.222. The molecule has 7 heteroatoms. The number of carbonyl (C=O) groups is 1. The fourth-order valence-corrected chi connectivity index (χ4v) is 3.83. The molecule has 0 aliphatic rings. The zero-order valence-corrected chi connectivity index (χ0v) is 14.7. The molecule has 3 aromatic rings. The highest BCUT2D eigenvalue weighted by atomic mass is 32.2. The van der Waals surface area contributed by atoms with Gasteiger partial charge in [0.05, 0.1) is 26.5 Å². The average molecular weight is 360 g/mol. The molecule has 0 saturated heterocycles. The van der Waals surface area contributed by atoms with Crippen LogP contribution >= 0.6 is 0 Å². The van der Waals surface area contributed by atoms with Gasteiger partial charge in [0.2, 0.25) is 5.43 Å². The Morgan fingerprint density at radius 1 is 1.12 bits per heavy atom. The lowest BCUT2D eigenvalue weighted by molar-refractivity contribution is 0.0697. The Bertz CT molecular complexity index is 1190. The molecular formula is C18H16O6S. The molecule has 0 aliphatic heterocycles. The molecule has 0 atom stereocenters. The topological polar surface area (TPSA) is 102 Å². The number of aryl methyl sites for hydroxylation is 1. The number of hydrogen-bond acceptors (Lipinski definition) is 5. The minimum absolute atomic E-state index is 0.0400. The van der Waals surface area contributed by atoms with Crippen LogP contribution in [0.3, 0.4) is 0 Å². The number of aromatic carboxylic acids is 1. The van der Waals surface area contributed by atoms with Gasteiger partial charge in [-0.2, -0.15) is 0 Å². The van der Waals surface area contributed by atoms with Crippen molar-refractivity contribution in [1.82, 2.24) is 0 Å². The van der Waals surface area contributed by atoms with Crippen LogP contribution in [0.1, 0.15) is 29.8 Å². The van der Waals surface area contributed by atoms with E-state index in [2.05, 4.69) is 0 Å². The predicted molar refractivity (Wildman–Crippen MR) is 94.0 cm³/mol. The van der Waals surface area contributed by atoms with Crippen LogP contribution in [0, 0.1) is 6.92 Å². The molecular weight excluding hydrogens is 344 g/mol. The molecule has 0 radical (unpaired) electrons. The zero-order chi connectivity index (χ0) is 18.5. The van der Waals surface area contributed by atoms with E-state index in [4.69, 9.17) is 9.52 Å². The van der Waals surface area contributed by atoms with Crippen LogP contribution in [0.4, 0.5) is 0 Å². The van der Waals surface area contributed by atoms with Crippen LogP contribution in [0.15, 0.2) is 44.4 Å². The maximum Gasteiger partial charge on any atom is 0.335 e. The molecule has 0 aliphatic carbocycles. The summed E-state index contributed by atoms with van der Waals surface area (Å²) >= 11 is 0. The molecule has 1 N–H and O–H groups in total. The quantitative estimate of drug-likeness (QED) is 0.720. The Balaban J connectivity index is 2.44. The third kappa shape index (κ3) is 2.70. The second-order valence-electron chi connectivity index (χ2n) is 6.16. The van der Waals surface area contributed by atoms with Crippen LogP contribution in [-0.4, -0.2) is 24.7 Å². The molecule has 3 rings (SSSR count). The van der Waals surface area contributed by atoms with Gasteiger partial charge in [-0.05, 0) is 56.7 Å². The lowest BCUT2D eigenvalue weighted by Gasteiger charge is -2.11. The van der Waals surface area contributed by atoms with Crippen molar-refractivity contribution in [3.8, 4) is 0 Å². The van der Waals surface area contributed by atoms with Gasteiger partial charge < -0.3 is 9.52 Å². The highest BCUT2D eigenvalue weighted by Gasteiger charge is 2.22. The maximum atomic E-state index is 12.8. The Labute approximate surface area is 143 Å². The molecule has 1 heterocycles. The van der Waals surface area contributed by atoms with Crippen molar-refractivity contribution < 1.29 is 22.7 Å². The van der Waals surface area contributed by atoms with E-state index in [1.165, 1.54) is 30.3 Å². The standard InChI is InChI=1S/C18H16O6S/c1-9(2)25(22,23)12-6-10(3)17-14(8-12)16(19)13-7-11(18(20)21)4-5-15(13)24-17/h4-9H,1-3H3,(H,20,21). The summed E-state index contributed by atoms with van der Waals surface area (Å²) in [6.45, 7) is 4.80. The first kappa shape index (κ1) is 17.2. The Hall–Kier alpha value is -2.67. The Morgan fingerprint density at radius 3 is 2.40 bits per heavy atom. The molecule has 0 amide bonds. The Morgan fingerprint density at radius 2 is 1.80 bits per heavy atom. The number of carboxylic acid groups (broad SMARTS) is 1. The van der Waals surface area contributed by atoms with Gasteiger partial charge in [0.25, 0.3) is 0 Å². The van der Waals surface area contributed by atoms with Crippen molar-refractivity contribution in [1.29, 1.82) is 0 Å². The maximum absolute atomic E-state index is 12.8. The van der Waals surface area contributed by atoms with Crippen molar-refractivity contribution in [2.75, 3.05) is 0 Å². The van der Waals surface area contributed by atoms with Crippen molar-refractivity contribution in [3.05, 3.63) is 51.7 Å². The van der Waals surface area contributed by atoms with Gasteiger partial charge in [-0.25, -0.2) is 13.2 Å². The first-order valence-corrected chi connectivity index (χ1v) is 9.16. The SMILES string of the molecule is Cc1cc(S(=O)(=O)C(C)C)cc2c(=O)c3cc(C(=O)O)ccc3oc12. The third-order valence-electron chi connectivity index (χ3n) is 4.13. The summed E-state index contributed by atoms with van der Waals surface area (Å²) in [5, 5.41) is 8.69. The molecule has 6 nitrogen and oxygen atoms in total. The van der Waals surface area contributed by atoms with E-state index >= 15 is 0 Å². The smallest absolute Gasteiger partial charge is 0.335 e. The predicted octanol–water partition coefficient (Wildman–Crippen LogP) is 3.13. The lowest BCUT2D eigenvalue weighted by atomic mass is 10.1. The summed E-state index contributed by atoms with van der Waals surface area (Å²) in [5.74, 6) is -1.16. The van der Waals surface area contributed by atoms with Gasteiger partial charge in [-0.15, -0.1) is 0 Å². The number of rotatable bonds is 3. The molecule has 0 unspecified atom stereocenters. The minimum atomic E-state index is -3.56. The number of hydrogen-bond donors (Lipinski definition) is 1. The average Bonchev–Trinajstić information content (AvgIpc) is 2.55. The van der Waals surface area contributed by atoms with Crippen LogP contribution in [0.5, 0.6) is 0 Å². The normalized spacial score (nSPS) is 12.2. The molecule has 0 bridgehead atoms. The Kier molecular flexibility index (Phi) is 3.91. The van der Waals surface area contributed by atoms with Crippen molar-refractivity contribution in [2.45, 2.75) is 30.9 Å². The molecule has 130 valence electrons. The van der Waals surface area contributed by atoms with Gasteiger partial charge in [-0.1, -0.05) is 0 Å². The van der Waals surface area contributed by atoms with E-state index in [1.54, 1.807) is 20.8 Å². The lowest BCUT2D eigenvalue weighted by Crippen LogP contribution is -2.15. The monoisotopic (exact) mass is 360 g/mol. The number of sulfone groups is 1. The molecule has 0 saturated carbocycles. The third-order valence-corrected chi connectivity index (χ3v) is 6.26. The van der Waals surface area contributed by atoms with Crippen molar-refractivity contribution in [2.24, 2.45) is 0 Å². The molecule has 0 spiro atoms. The van der Waals surface area contributed by atoms with Gasteiger partial charge in [0.1, 0.15) is 11.2 Å². The molecule has 2 aromatic carbocycles. The van der Waals surface area contributed by atoms with Crippen molar-refractivity contribution in [3.63, 3.8) is 0 Å². The molecule has 1 aromatic heterocycles. The number of fused-ring (bicyclic) bond motifs is 2. The highest BCUT2D eigenvalue weighted by molar-refractivity contribution is 7.92. The van der Waals surface area contributed by atoms with E-state index in [0.29, 0.717) is 11.1 Å². The van der Waals surface area contributed by atoms with Crippen LogP contribution in [0.25, 0.3) is 21.9 Å². The van der Waals surface area contributed by atoms with Gasteiger partial charge in [0, 0.05) is 0 Å². The second kappa shape index (κ2) is 5.70. The van der Waals surface area contributed by atoms with E-state index in [0.717, 1.165) is 0 Å². The second-order valence-corrected chi connectivity index (χ2v) is 8.66. The zero-order valence-electron chi connectivity index (χ0n) is 13.9. The van der Waals surface area contributed by atoms with E-state index < -0.39 is 26.5 Å². The summed E-state index contributed by atoms with van der Waals surface area (Å²) < 4.78 is 30.6. The highest BCUT2D eigenvalue weighted by Crippen LogP contribution is 2.27.